The van der Waals surface area contributed by atoms with Gasteiger partial charge in [-0.2, -0.15) is 26.3 Å². The van der Waals surface area contributed by atoms with E-state index >= 15 is 0 Å². The minimum absolute atomic E-state index is 0. The van der Waals surface area contributed by atoms with Crippen molar-refractivity contribution in [2.45, 2.75) is 43.7 Å². The van der Waals surface area contributed by atoms with E-state index in [1.54, 1.807) is 0 Å². The molecule has 0 fully saturated rings. The minimum Gasteiger partial charge on any atom is -0.544 e. The first-order valence-corrected chi connectivity index (χ1v) is 4.41. The molecule has 0 rings (SSSR count). The molecule has 0 amide bonds. The van der Waals surface area contributed by atoms with Gasteiger partial charge in [-0.15, -0.1) is 0 Å². The van der Waals surface area contributed by atoms with E-state index in [1.165, 1.54) is 0 Å². The minimum atomic E-state index is -6.37. The Bertz CT molecular complexity index is 295. The molecule has 0 N–H and O–H groups in total. The van der Waals surface area contributed by atoms with Crippen LogP contribution in [0.5, 0.6) is 0 Å². The fourth-order valence-corrected chi connectivity index (χ4v) is 0.969. The van der Waals surface area contributed by atoms with Crippen LogP contribution in [0.2, 0.25) is 0 Å². The van der Waals surface area contributed by atoms with Gasteiger partial charge < -0.3 is 9.90 Å². The number of hydrogen-bond acceptors (Lipinski definition) is 2. The van der Waals surface area contributed by atoms with Gasteiger partial charge in [0.2, 0.25) is 0 Å². The van der Waals surface area contributed by atoms with E-state index in [9.17, 15) is 40.6 Å². The number of aliphatic carboxylic acids is 1. The summed E-state index contributed by atoms with van der Waals surface area (Å²) in [4.78, 5) is 9.70. The topological polar surface area (TPSA) is 40.1 Å². The third-order valence-electron chi connectivity index (χ3n) is 2.00. The smallest absolute Gasteiger partial charge is 0.544 e. The molecule has 0 aliphatic heterocycles. The Labute approximate surface area is 120 Å². The molecule has 0 heterocycles. The summed E-state index contributed by atoms with van der Waals surface area (Å²) >= 11 is 0. The molecule has 2 nitrogen and oxygen atoms in total. The summed E-state index contributed by atoms with van der Waals surface area (Å²) in [5.74, 6) is -22.0. The van der Waals surface area contributed by atoms with Crippen LogP contribution in [0, 0.1) is 0 Å². The van der Waals surface area contributed by atoms with Gasteiger partial charge in [-0.05, 0) is 6.42 Å². The molecule has 0 radical (unpaired) electrons. The van der Waals surface area contributed by atoms with Crippen molar-refractivity contribution >= 4 is 5.97 Å². The van der Waals surface area contributed by atoms with E-state index in [0.717, 1.165) is 6.92 Å². The number of carbonyl (C=O) groups is 1. The first kappa shape index (κ1) is 20.3. The van der Waals surface area contributed by atoms with Crippen molar-refractivity contribution in [1.29, 1.82) is 0 Å². The van der Waals surface area contributed by atoms with Crippen LogP contribution in [-0.2, 0) is 4.79 Å². The van der Waals surface area contributed by atoms with E-state index in [1.807, 2.05) is 0 Å². The second-order valence-corrected chi connectivity index (χ2v) is 3.32. The Balaban J connectivity index is 0. The molecule has 1 unspecified atom stereocenters. The summed E-state index contributed by atoms with van der Waals surface area (Å²) < 4.78 is 88.2. The quantitative estimate of drug-likeness (QED) is 0.455. The molecule has 0 aromatic heterocycles. The summed E-state index contributed by atoms with van der Waals surface area (Å²) in [6.45, 7) is 1.16. The fourth-order valence-electron chi connectivity index (χ4n) is 0.969. The van der Waals surface area contributed by atoms with Gasteiger partial charge in [0.1, 0.15) is 5.97 Å². The maximum absolute atomic E-state index is 12.7. The first-order chi connectivity index (χ1) is 7.42. The maximum atomic E-state index is 12.7. The fraction of sp³-hybridized carbons (Fsp3) is 0.875. The molecule has 0 saturated carbocycles. The van der Waals surface area contributed by atoms with Crippen molar-refractivity contribution in [2.24, 2.45) is 0 Å². The van der Waals surface area contributed by atoms with Crippen LogP contribution < -0.4 is 34.7 Å². The number of carboxylic acids is 1. The molecular weight excluding hydrogens is 284 g/mol. The number of carbonyl (C=O) groups excluding carboxylic acids is 1. The van der Waals surface area contributed by atoms with Gasteiger partial charge in [-0.25, -0.2) is 4.39 Å². The predicted molar refractivity (Wildman–Crippen MR) is 39.7 cm³/mol. The molecule has 18 heavy (non-hydrogen) atoms. The summed E-state index contributed by atoms with van der Waals surface area (Å²) in [6.07, 6.45) is -4.98. The molecule has 10 heteroatoms. The molecule has 102 valence electrons. The Morgan fingerprint density at radius 1 is 1.17 bits per heavy atom. The normalized spacial score (nSPS) is 14.9. The van der Waals surface area contributed by atoms with Crippen molar-refractivity contribution in [3.63, 3.8) is 0 Å². The molecule has 0 saturated heterocycles. The summed E-state index contributed by atoms with van der Waals surface area (Å²) in [6, 6.07) is 0. The number of halogens is 7. The van der Waals surface area contributed by atoms with E-state index in [4.69, 9.17) is 0 Å². The van der Waals surface area contributed by atoms with Crippen LogP contribution in [0.4, 0.5) is 30.7 Å². The molecule has 0 aliphatic rings. The molecule has 1 atom stereocenters. The summed E-state index contributed by atoms with van der Waals surface area (Å²) in [7, 11) is 0. The molecule has 0 spiro atoms. The molecule has 0 aromatic carbocycles. The molecule has 0 aliphatic carbocycles. The standard InChI is InChI=1S/C8H9F7O2.Na/c1-2-3-4(9)6(10,11)8(14,15)7(12,13)5(16)17;/h4H,2-3H2,1H3,(H,16,17);/q;+1/p-1. The first-order valence-electron chi connectivity index (χ1n) is 4.41. The summed E-state index contributed by atoms with van der Waals surface area (Å²) in [5, 5.41) is 9.70. The van der Waals surface area contributed by atoms with Crippen LogP contribution in [0.1, 0.15) is 19.8 Å². The third kappa shape index (κ3) is 3.30. The van der Waals surface area contributed by atoms with E-state index in [-0.39, 0.29) is 36.0 Å². The van der Waals surface area contributed by atoms with Gasteiger partial charge >= 0.3 is 47.3 Å². The Kier molecular flexibility index (Phi) is 7.25. The van der Waals surface area contributed by atoms with Crippen molar-refractivity contribution in [1.82, 2.24) is 0 Å². The van der Waals surface area contributed by atoms with Crippen LogP contribution in [0.25, 0.3) is 0 Å². The van der Waals surface area contributed by atoms with Crippen LogP contribution >= 0.6 is 0 Å². The van der Waals surface area contributed by atoms with Gasteiger partial charge in [-0.3, -0.25) is 0 Å². The number of rotatable bonds is 6. The average molecular weight is 292 g/mol. The average Bonchev–Trinajstić information content (AvgIpc) is 2.17. The number of carboxylic acid groups (broad SMARTS) is 1. The molecular formula is C8H8F7NaO2. The summed E-state index contributed by atoms with van der Waals surface area (Å²) in [5.41, 5.74) is 0. The number of hydrogen-bond donors (Lipinski definition) is 0. The van der Waals surface area contributed by atoms with Gasteiger partial charge in [-0.1, -0.05) is 13.3 Å². The van der Waals surface area contributed by atoms with Crippen LogP contribution in [0.3, 0.4) is 0 Å². The third-order valence-corrected chi connectivity index (χ3v) is 2.00. The Morgan fingerprint density at radius 3 is 1.83 bits per heavy atom. The van der Waals surface area contributed by atoms with Gasteiger partial charge in [0.15, 0.2) is 6.17 Å². The zero-order valence-electron chi connectivity index (χ0n) is 9.45. The second kappa shape index (κ2) is 6.42. The van der Waals surface area contributed by atoms with Crippen molar-refractivity contribution in [2.75, 3.05) is 0 Å². The van der Waals surface area contributed by atoms with Crippen LogP contribution in [-0.4, -0.2) is 29.9 Å². The number of alkyl halides is 7. The largest absolute Gasteiger partial charge is 1.00 e. The molecule has 0 aromatic rings. The van der Waals surface area contributed by atoms with Crippen LogP contribution in [0.15, 0.2) is 0 Å². The SMILES string of the molecule is CCCC(F)C(F)(F)C(F)(F)C(F)(F)C(=O)[O-].[Na+]. The van der Waals surface area contributed by atoms with Crippen molar-refractivity contribution in [3.8, 4) is 0 Å². The predicted octanol–water partition coefficient (Wildman–Crippen LogP) is -1.22. The van der Waals surface area contributed by atoms with Gasteiger partial charge in [0, 0.05) is 0 Å². The monoisotopic (exact) mass is 292 g/mol. The maximum Gasteiger partial charge on any atom is 1.00 e. The Hall–Kier alpha value is -0.0200. The second-order valence-electron chi connectivity index (χ2n) is 3.32. The Morgan fingerprint density at radius 2 is 1.56 bits per heavy atom. The van der Waals surface area contributed by atoms with Crippen molar-refractivity contribution in [3.05, 3.63) is 0 Å². The van der Waals surface area contributed by atoms with Crippen molar-refractivity contribution < 1.29 is 70.2 Å². The van der Waals surface area contributed by atoms with Gasteiger partial charge in [0.05, 0.1) is 0 Å². The zero-order chi connectivity index (χ0) is 14.1. The van der Waals surface area contributed by atoms with E-state index < -0.39 is 36.3 Å². The van der Waals surface area contributed by atoms with Gasteiger partial charge in [0.25, 0.3) is 0 Å². The zero-order valence-corrected chi connectivity index (χ0v) is 11.5. The van der Waals surface area contributed by atoms with E-state index in [2.05, 4.69) is 0 Å². The molecule has 0 bridgehead atoms. The van der Waals surface area contributed by atoms with E-state index in [0.29, 0.717) is 0 Å².